The monoisotopic (exact) mass is 505 g/mol. The molecule has 36 heavy (non-hydrogen) atoms. The van der Waals surface area contributed by atoms with E-state index in [0.29, 0.717) is 30.2 Å². The molecule has 6 heteroatoms. The molecule has 1 unspecified atom stereocenters. The van der Waals surface area contributed by atoms with Crippen LogP contribution in [0.25, 0.3) is 0 Å². The van der Waals surface area contributed by atoms with Crippen LogP contribution >= 0.6 is 11.6 Å². The number of nitrogens with zero attached hydrogens (tertiary/aromatic N) is 2. The van der Waals surface area contributed by atoms with Gasteiger partial charge in [0.1, 0.15) is 5.82 Å². The Hall–Kier alpha value is -2.73. The molecular formula is C30H33ClFN3O. The average molecular weight is 506 g/mol. The maximum Gasteiger partial charge on any atom is 0.224 e. The first kappa shape index (κ1) is 24.9. The van der Waals surface area contributed by atoms with Crippen LogP contribution in [-0.2, 0) is 37.4 Å². The number of likely N-dealkylation sites (tertiary alicyclic amines) is 1. The van der Waals surface area contributed by atoms with Gasteiger partial charge >= 0.3 is 0 Å². The lowest BCUT2D eigenvalue weighted by Gasteiger charge is -2.32. The molecule has 0 aromatic heterocycles. The number of hydrogen-bond acceptors (Lipinski definition) is 3. The summed E-state index contributed by atoms with van der Waals surface area (Å²) in [4.78, 5) is 17.5. The van der Waals surface area contributed by atoms with Gasteiger partial charge in [-0.05, 0) is 60.2 Å². The number of piperidine rings is 1. The Bertz CT molecular complexity index is 1180. The van der Waals surface area contributed by atoms with Crippen molar-refractivity contribution in [3.05, 3.63) is 105 Å². The Morgan fingerprint density at radius 2 is 1.69 bits per heavy atom. The highest BCUT2D eigenvalue weighted by Crippen LogP contribution is 2.25. The van der Waals surface area contributed by atoms with E-state index in [1.807, 2.05) is 0 Å². The number of hydrogen-bond donors (Lipinski definition) is 1. The van der Waals surface area contributed by atoms with Crippen molar-refractivity contribution in [1.82, 2.24) is 15.1 Å². The minimum absolute atomic E-state index is 0.0652. The minimum atomic E-state index is -0.289. The lowest BCUT2D eigenvalue weighted by Crippen LogP contribution is -2.42. The summed E-state index contributed by atoms with van der Waals surface area (Å²) in [6.07, 6.45) is 2.87. The van der Waals surface area contributed by atoms with E-state index in [1.54, 1.807) is 12.1 Å². The Labute approximate surface area is 218 Å². The van der Waals surface area contributed by atoms with E-state index in [2.05, 4.69) is 63.6 Å². The molecule has 3 aromatic rings. The van der Waals surface area contributed by atoms with Crippen molar-refractivity contribution in [3.8, 4) is 0 Å². The van der Waals surface area contributed by atoms with Crippen molar-refractivity contribution < 1.29 is 9.18 Å². The van der Waals surface area contributed by atoms with Crippen molar-refractivity contribution in [3.63, 3.8) is 0 Å². The SMILES string of the molecule is O=C(NCc1ccc(CN2CCc3ccccc3C2)cc1)C1CCCN(Cc2c(F)cccc2Cl)C1. The zero-order valence-corrected chi connectivity index (χ0v) is 21.3. The van der Waals surface area contributed by atoms with Gasteiger partial charge in [-0.15, -0.1) is 0 Å². The van der Waals surface area contributed by atoms with E-state index in [9.17, 15) is 9.18 Å². The van der Waals surface area contributed by atoms with Crippen LogP contribution in [0.1, 0.15) is 40.7 Å². The first-order chi connectivity index (χ1) is 17.5. The highest BCUT2D eigenvalue weighted by Gasteiger charge is 2.26. The molecule has 0 bridgehead atoms. The van der Waals surface area contributed by atoms with Gasteiger partial charge in [-0.3, -0.25) is 14.6 Å². The summed E-state index contributed by atoms with van der Waals surface area (Å²) in [6, 6.07) is 22.0. The fourth-order valence-electron chi connectivity index (χ4n) is 5.36. The van der Waals surface area contributed by atoms with Gasteiger partial charge in [0.25, 0.3) is 0 Å². The van der Waals surface area contributed by atoms with E-state index < -0.39 is 0 Å². The highest BCUT2D eigenvalue weighted by molar-refractivity contribution is 6.31. The number of nitrogens with one attached hydrogen (secondary N) is 1. The summed E-state index contributed by atoms with van der Waals surface area (Å²) in [7, 11) is 0. The maximum atomic E-state index is 14.2. The summed E-state index contributed by atoms with van der Waals surface area (Å²) in [6.45, 7) is 5.43. The number of carbonyl (C=O) groups excluding carboxylic acids is 1. The maximum absolute atomic E-state index is 14.2. The van der Waals surface area contributed by atoms with Gasteiger partial charge in [-0.1, -0.05) is 66.2 Å². The summed E-state index contributed by atoms with van der Waals surface area (Å²) in [5.41, 5.74) is 5.80. The first-order valence-corrected chi connectivity index (χ1v) is 13.2. The minimum Gasteiger partial charge on any atom is -0.352 e. The molecule has 1 fully saturated rings. The van der Waals surface area contributed by atoms with Gasteiger partial charge < -0.3 is 5.32 Å². The van der Waals surface area contributed by atoms with E-state index in [1.165, 1.54) is 22.8 Å². The molecule has 2 aliphatic heterocycles. The molecule has 2 heterocycles. The molecule has 3 aromatic carbocycles. The number of fused-ring (bicyclic) bond motifs is 1. The van der Waals surface area contributed by atoms with Crippen molar-refractivity contribution in [1.29, 1.82) is 0 Å². The molecule has 188 valence electrons. The quantitative estimate of drug-likeness (QED) is 0.456. The summed E-state index contributed by atoms with van der Waals surface area (Å²) in [5.74, 6) is -0.316. The van der Waals surface area contributed by atoms with Crippen LogP contribution in [0.3, 0.4) is 0 Å². The third kappa shape index (κ3) is 6.15. The summed E-state index contributed by atoms with van der Waals surface area (Å²) >= 11 is 6.20. The van der Waals surface area contributed by atoms with Gasteiger partial charge in [-0.2, -0.15) is 0 Å². The second-order valence-electron chi connectivity index (χ2n) is 10.0. The predicted molar refractivity (Wildman–Crippen MR) is 142 cm³/mol. The molecule has 1 atom stereocenters. The Kier molecular flexibility index (Phi) is 8.00. The van der Waals surface area contributed by atoms with E-state index in [-0.39, 0.29) is 17.6 Å². The van der Waals surface area contributed by atoms with Crippen LogP contribution in [-0.4, -0.2) is 35.3 Å². The highest BCUT2D eigenvalue weighted by atomic mass is 35.5. The third-order valence-electron chi connectivity index (χ3n) is 7.43. The topological polar surface area (TPSA) is 35.6 Å². The average Bonchev–Trinajstić information content (AvgIpc) is 2.90. The van der Waals surface area contributed by atoms with E-state index >= 15 is 0 Å². The molecule has 0 radical (unpaired) electrons. The lowest BCUT2D eigenvalue weighted by atomic mass is 9.96. The molecule has 0 aliphatic carbocycles. The van der Waals surface area contributed by atoms with Crippen LogP contribution in [0, 0.1) is 11.7 Å². The Morgan fingerprint density at radius 3 is 2.50 bits per heavy atom. The molecule has 2 aliphatic rings. The summed E-state index contributed by atoms with van der Waals surface area (Å²) < 4.78 is 14.2. The zero-order chi connectivity index (χ0) is 24.9. The number of benzene rings is 3. The van der Waals surface area contributed by atoms with Gasteiger partial charge in [0, 0.05) is 49.9 Å². The lowest BCUT2D eigenvalue weighted by molar-refractivity contribution is -0.126. The number of halogens is 2. The van der Waals surface area contributed by atoms with Crippen molar-refractivity contribution in [2.45, 2.75) is 45.4 Å². The van der Waals surface area contributed by atoms with Gasteiger partial charge in [0.2, 0.25) is 5.91 Å². The van der Waals surface area contributed by atoms with Gasteiger partial charge in [0.15, 0.2) is 0 Å². The standard InChI is InChI=1S/C30H33ClFN3O/c31-28-8-3-9-29(32)27(28)21-34-15-4-7-26(20-34)30(36)33-17-22-10-12-23(13-11-22)18-35-16-14-24-5-1-2-6-25(24)19-35/h1-3,5-6,8-13,26H,4,7,14-21H2,(H,33,36). The normalized spacial score (nSPS) is 18.6. The molecular weight excluding hydrogens is 473 g/mol. The van der Waals surface area contributed by atoms with Crippen LogP contribution in [0.2, 0.25) is 5.02 Å². The molecule has 1 amide bonds. The van der Waals surface area contributed by atoms with Crippen molar-refractivity contribution >= 4 is 17.5 Å². The van der Waals surface area contributed by atoms with E-state index in [0.717, 1.165) is 51.0 Å². The van der Waals surface area contributed by atoms with Crippen LogP contribution < -0.4 is 5.32 Å². The van der Waals surface area contributed by atoms with Crippen LogP contribution in [0.4, 0.5) is 4.39 Å². The number of amides is 1. The predicted octanol–water partition coefficient (Wildman–Crippen LogP) is 5.57. The molecule has 0 saturated carbocycles. The number of rotatable bonds is 7. The van der Waals surface area contributed by atoms with E-state index in [4.69, 9.17) is 11.6 Å². The third-order valence-corrected chi connectivity index (χ3v) is 7.78. The first-order valence-electron chi connectivity index (χ1n) is 12.8. The zero-order valence-electron chi connectivity index (χ0n) is 20.6. The largest absolute Gasteiger partial charge is 0.352 e. The molecule has 1 saturated heterocycles. The fraction of sp³-hybridized carbons (Fsp3) is 0.367. The molecule has 0 spiro atoms. The fourth-order valence-corrected chi connectivity index (χ4v) is 5.59. The Balaban J connectivity index is 1.10. The smallest absolute Gasteiger partial charge is 0.224 e. The van der Waals surface area contributed by atoms with Crippen molar-refractivity contribution in [2.24, 2.45) is 5.92 Å². The van der Waals surface area contributed by atoms with Crippen LogP contribution in [0.15, 0.2) is 66.7 Å². The summed E-state index contributed by atoms with van der Waals surface area (Å²) in [5, 5.41) is 3.55. The molecule has 5 rings (SSSR count). The second kappa shape index (κ2) is 11.5. The molecule has 4 nitrogen and oxygen atoms in total. The molecule has 1 N–H and O–H groups in total. The van der Waals surface area contributed by atoms with Crippen molar-refractivity contribution in [2.75, 3.05) is 19.6 Å². The Morgan fingerprint density at radius 1 is 0.917 bits per heavy atom. The number of carbonyl (C=O) groups is 1. The second-order valence-corrected chi connectivity index (χ2v) is 10.4. The van der Waals surface area contributed by atoms with Gasteiger partial charge in [-0.25, -0.2) is 4.39 Å². The van der Waals surface area contributed by atoms with Gasteiger partial charge in [0.05, 0.1) is 5.92 Å². The van der Waals surface area contributed by atoms with Crippen LogP contribution in [0.5, 0.6) is 0 Å².